The molecule has 0 aromatic carbocycles. The van der Waals surface area contributed by atoms with Crippen LogP contribution < -0.4 is 0 Å². The molecule has 86 valence electrons. The van der Waals surface area contributed by atoms with Gasteiger partial charge in [0.05, 0.1) is 0 Å². The molecule has 0 rings (SSSR count). The molecule has 0 saturated heterocycles. The van der Waals surface area contributed by atoms with Gasteiger partial charge in [0, 0.05) is 0 Å². The average Bonchev–Trinajstić information content (AvgIpc) is 2.20. The van der Waals surface area contributed by atoms with Crippen LogP contribution in [0.1, 0.15) is 39.5 Å². The maximum atomic E-state index is 2.59. The van der Waals surface area contributed by atoms with E-state index in [-0.39, 0.29) is 29.3 Å². The number of unbranched alkanes of at least 4 members (excludes halogenated alkanes) is 2. The molecule has 2 unspecified atom stereocenters. The van der Waals surface area contributed by atoms with Crippen LogP contribution in [0.2, 0.25) is 32.3 Å². The molecule has 0 fully saturated rings. The molecule has 0 saturated carbocycles. The molecule has 0 bridgehead atoms. The molecule has 14 heavy (non-hydrogen) atoms. The Morgan fingerprint density at radius 2 is 1.00 bits per heavy atom. The van der Waals surface area contributed by atoms with Crippen LogP contribution in [0, 0.1) is 0 Å². The second-order valence-electron chi connectivity index (χ2n) is 4.31. The average molecular weight is 322 g/mol. The van der Waals surface area contributed by atoms with Crippen LogP contribution in [0.15, 0.2) is 0 Å². The number of hydrogen-bond donors (Lipinski definition) is 0. The van der Waals surface area contributed by atoms with Gasteiger partial charge in [-0.05, 0) is 0 Å². The molecule has 0 N–H and O–H groups in total. The predicted octanol–water partition coefficient (Wildman–Crippen LogP) is 4.84. The third kappa shape index (κ3) is 9.66. The van der Waals surface area contributed by atoms with Crippen LogP contribution in [-0.2, 0) is 0 Å². The summed E-state index contributed by atoms with van der Waals surface area (Å²) in [6.07, 6.45) is 5.81. The summed E-state index contributed by atoms with van der Waals surface area (Å²) >= 11 is -0.673. The van der Waals surface area contributed by atoms with E-state index in [1.54, 1.807) is 20.8 Å². The van der Waals surface area contributed by atoms with E-state index in [4.69, 9.17) is 0 Å². The summed E-state index contributed by atoms with van der Waals surface area (Å²) in [5.74, 6) is 0. The normalized spacial score (nSPS) is 15.4. The maximum absolute atomic E-state index is 2.59. The molecular formula is C12H28As2. The van der Waals surface area contributed by atoms with Crippen molar-refractivity contribution in [3.05, 3.63) is 0 Å². The Kier molecular flexibility index (Phi) is 11.5. The molecule has 0 nitrogen and oxygen atoms in total. The van der Waals surface area contributed by atoms with Gasteiger partial charge in [0.1, 0.15) is 0 Å². The van der Waals surface area contributed by atoms with E-state index in [1.165, 1.54) is 25.7 Å². The Morgan fingerprint density at radius 1 is 0.643 bits per heavy atom. The molecule has 0 aliphatic carbocycles. The fourth-order valence-corrected chi connectivity index (χ4v) is 14.8. The number of hydrogen-bond acceptors (Lipinski definition) is 0. The molecule has 2 heteroatoms. The van der Waals surface area contributed by atoms with E-state index in [1.807, 2.05) is 0 Å². The molecule has 0 aromatic rings. The second-order valence-corrected chi connectivity index (χ2v) is 15.3. The standard InChI is InChI=1S/C12H28As2/c1-5-7-9-13(3)11-12-14(4)10-8-6-2/h5-12H2,1-4H3. The van der Waals surface area contributed by atoms with Crippen LogP contribution in [0.25, 0.3) is 0 Å². The van der Waals surface area contributed by atoms with Crippen LogP contribution in [0.5, 0.6) is 0 Å². The molecule has 0 aliphatic rings. The SMILES string of the molecule is CCCC[As](C)CC[As](C)CCCC. The molecular weight excluding hydrogens is 294 g/mol. The second kappa shape index (κ2) is 10.6. The topological polar surface area (TPSA) is 0 Å². The van der Waals surface area contributed by atoms with E-state index in [0.29, 0.717) is 0 Å². The van der Waals surface area contributed by atoms with Crippen molar-refractivity contribution in [2.24, 2.45) is 0 Å². The number of rotatable bonds is 9. The first-order chi connectivity index (χ1) is 6.70. The zero-order chi connectivity index (χ0) is 10.8. The van der Waals surface area contributed by atoms with E-state index >= 15 is 0 Å². The summed E-state index contributed by atoms with van der Waals surface area (Å²) < 4.78 is 0. The van der Waals surface area contributed by atoms with Gasteiger partial charge >= 0.3 is 101 Å². The van der Waals surface area contributed by atoms with Crippen molar-refractivity contribution in [2.75, 3.05) is 0 Å². The molecule has 0 aromatic heterocycles. The monoisotopic (exact) mass is 322 g/mol. The Balaban J connectivity index is 3.31. The van der Waals surface area contributed by atoms with Gasteiger partial charge < -0.3 is 0 Å². The van der Waals surface area contributed by atoms with E-state index in [9.17, 15) is 0 Å². The fourth-order valence-electron chi connectivity index (χ4n) is 1.42. The first-order valence-corrected chi connectivity index (χ1v) is 15.1. The molecule has 0 radical (unpaired) electrons. The van der Waals surface area contributed by atoms with Crippen molar-refractivity contribution in [3.8, 4) is 0 Å². The van der Waals surface area contributed by atoms with Crippen molar-refractivity contribution < 1.29 is 0 Å². The molecule has 0 aliphatic heterocycles. The van der Waals surface area contributed by atoms with Gasteiger partial charge in [-0.15, -0.1) is 0 Å². The van der Waals surface area contributed by atoms with E-state index in [0.717, 1.165) is 0 Å². The first-order valence-electron chi connectivity index (χ1n) is 6.07. The predicted molar refractivity (Wildman–Crippen MR) is 72.3 cm³/mol. The summed E-state index contributed by atoms with van der Waals surface area (Å²) in [5, 5.41) is 6.54. The summed E-state index contributed by atoms with van der Waals surface area (Å²) in [5.41, 5.74) is 5.18. The van der Waals surface area contributed by atoms with E-state index in [2.05, 4.69) is 25.3 Å². The molecule has 0 spiro atoms. The minimum absolute atomic E-state index is 0.337. The zero-order valence-corrected chi connectivity index (χ0v) is 14.3. The van der Waals surface area contributed by atoms with Crippen LogP contribution >= 0.6 is 0 Å². The van der Waals surface area contributed by atoms with Crippen molar-refractivity contribution in [2.45, 2.75) is 71.8 Å². The van der Waals surface area contributed by atoms with Crippen molar-refractivity contribution in [1.29, 1.82) is 0 Å². The minimum atomic E-state index is -0.337. The van der Waals surface area contributed by atoms with Gasteiger partial charge in [-0.1, -0.05) is 0 Å². The molecule has 0 amide bonds. The first kappa shape index (κ1) is 15.1. The van der Waals surface area contributed by atoms with E-state index < -0.39 is 0 Å². The zero-order valence-electron chi connectivity index (χ0n) is 10.6. The Morgan fingerprint density at radius 3 is 1.29 bits per heavy atom. The van der Waals surface area contributed by atoms with Crippen molar-refractivity contribution in [3.63, 3.8) is 0 Å². The fraction of sp³-hybridized carbons (Fsp3) is 1.00. The Bertz CT molecular complexity index is 101. The van der Waals surface area contributed by atoms with Crippen molar-refractivity contribution in [1.82, 2.24) is 0 Å². The Labute approximate surface area is 101 Å². The molecule has 2 atom stereocenters. The van der Waals surface area contributed by atoms with Gasteiger partial charge in [-0.2, -0.15) is 0 Å². The third-order valence-electron chi connectivity index (χ3n) is 2.65. The van der Waals surface area contributed by atoms with Crippen LogP contribution in [0.4, 0.5) is 0 Å². The van der Waals surface area contributed by atoms with Gasteiger partial charge in [-0.3, -0.25) is 0 Å². The Hall–Kier alpha value is 1.12. The van der Waals surface area contributed by atoms with Gasteiger partial charge in [-0.25, -0.2) is 0 Å². The summed E-state index contributed by atoms with van der Waals surface area (Å²) in [7, 11) is 0. The van der Waals surface area contributed by atoms with Crippen molar-refractivity contribution >= 4 is 29.3 Å². The summed E-state index contributed by atoms with van der Waals surface area (Å²) in [6, 6.07) is 0. The third-order valence-corrected chi connectivity index (χ3v) is 13.0. The summed E-state index contributed by atoms with van der Waals surface area (Å²) in [6.45, 7) is 4.64. The molecule has 0 heterocycles. The van der Waals surface area contributed by atoms with Gasteiger partial charge in [0.25, 0.3) is 0 Å². The summed E-state index contributed by atoms with van der Waals surface area (Å²) in [4.78, 5) is 0. The quantitative estimate of drug-likeness (QED) is 0.533. The van der Waals surface area contributed by atoms with Crippen LogP contribution in [0.3, 0.4) is 0 Å². The van der Waals surface area contributed by atoms with Gasteiger partial charge in [0.2, 0.25) is 0 Å². The van der Waals surface area contributed by atoms with Crippen LogP contribution in [-0.4, -0.2) is 29.3 Å². The van der Waals surface area contributed by atoms with Gasteiger partial charge in [0.15, 0.2) is 0 Å².